The first kappa shape index (κ1) is 19.6. The second-order valence-electron chi connectivity index (χ2n) is 6.55. The van der Waals surface area contributed by atoms with Gasteiger partial charge in [-0.05, 0) is 29.8 Å². The van der Waals surface area contributed by atoms with Crippen LogP contribution >= 0.6 is 0 Å². The Labute approximate surface area is 163 Å². The topological polar surface area (TPSA) is 85.2 Å². The van der Waals surface area contributed by atoms with Crippen LogP contribution in [-0.2, 0) is 11.3 Å². The maximum Gasteiger partial charge on any atom is 0.269 e. The number of benzene rings is 2. The number of methoxy groups -OCH3 is 1. The van der Waals surface area contributed by atoms with Crippen LogP contribution in [0.25, 0.3) is 0 Å². The van der Waals surface area contributed by atoms with Gasteiger partial charge in [-0.25, -0.2) is 0 Å². The third-order valence-electron chi connectivity index (χ3n) is 4.67. The van der Waals surface area contributed by atoms with Crippen molar-refractivity contribution in [2.24, 2.45) is 0 Å². The molecule has 0 unspecified atom stereocenters. The molecule has 0 N–H and O–H groups in total. The summed E-state index contributed by atoms with van der Waals surface area (Å²) in [5.74, 6) is 1.31. The van der Waals surface area contributed by atoms with Gasteiger partial charge in [0.1, 0.15) is 11.5 Å². The SMILES string of the molecule is COc1ccc(OCC(=O)N2CCN(Cc3cccc([N+](=O)[O-])c3)CC2)cc1. The Balaban J connectivity index is 1.44. The predicted octanol–water partition coefficient (Wildman–Crippen LogP) is 2.33. The van der Waals surface area contributed by atoms with E-state index in [0.717, 1.165) is 24.4 Å². The lowest BCUT2D eigenvalue weighted by Crippen LogP contribution is -2.49. The van der Waals surface area contributed by atoms with E-state index in [0.29, 0.717) is 25.4 Å². The van der Waals surface area contributed by atoms with Gasteiger partial charge < -0.3 is 14.4 Å². The molecule has 0 spiro atoms. The molecule has 1 heterocycles. The van der Waals surface area contributed by atoms with E-state index in [-0.39, 0.29) is 23.1 Å². The molecule has 8 nitrogen and oxygen atoms in total. The molecule has 1 saturated heterocycles. The Bertz CT molecular complexity index is 817. The first-order valence-electron chi connectivity index (χ1n) is 9.05. The molecule has 8 heteroatoms. The summed E-state index contributed by atoms with van der Waals surface area (Å²) >= 11 is 0. The highest BCUT2D eigenvalue weighted by Crippen LogP contribution is 2.18. The third kappa shape index (κ3) is 5.20. The molecule has 1 aliphatic rings. The van der Waals surface area contributed by atoms with E-state index in [2.05, 4.69) is 4.90 Å². The lowest BCUT2D eigenvalue weighted by molar-refractivity contribution is -0.384. The number of hydrogen-bond acceptors (Lipinski definition) is 6. The monoisotopic (exact) mass is 385 g/mol. The summed E-state index contributed by atoms with van der Waals surface area (Å²) in [4.78, 5) is 26.8. The quantitative estimate of drug-likeness (QED) is 0.537. The molecule has 1 aliphatic heterocycles. The van der Waals surface area contributed by atoms with Crippen molar-refractivity contribution >= 4 is 11.6 Å². The molecule has 0 bridgehead atoms. The summed E-state index contributed by atoms with van der Waals surface area (Å²) in [5.41, 5.74) is 0.999. The third-order valence-corrected chi connectivity index (χ3v) is 4.67. The highest BCUT2D eigenvalue weighted by atomic mass is 16.6. The van der Waals surface area contributed by atoms with Crippen molar-refractivity contribution in [2.45, 2.75) is 6.54 Å². The average Bonchev–Trinajstić information content (AvgIpc) is 2.73. The van der Waals surface area contributed by atoms with Crippen molar-refractivity contribution in [3.63, 3.8) is 0 Å². The summed E-state index contributed by atoms with van der Waals surface area (Å²) in [5, 5.41) is 10.9. The zero-order valence-electron chi connectivity index (χ0n) is 15.7. The van der Waals surface area contributed by atoms with Gasteiger partial charge in [0.05, 0.1) is 12.0 Å². The van der Waals surface area contributed by atoms with Gasteiger partial charge in [0.15, 0.2) is 6.61 Å². The van der Waals surface area contributed by atoms with Gasteiger partial charge in [-0.15, -0.1) is 0 Å². The number of nitro benzene ring substituents is 1. The summed E-state index contributed by atoms with van der Waals surface area (Å²) < 4.78 is 10.6. The van der Waals surface area contributed by atoms with Gasteiger partial charge in [0, 0.05) is 44.9 Å². The molecule has 0 aromatic heterocycles. The van der Waals surface area contributed by atoms with E-state index in [1.165, 1.54) is 6.07 Å². The van der Waals surface area contributed by atoms with Gasteiger partial charge in [-0.2, -0.15) is 0 Å². The van der Waals surface area contributed by atoms with Crippen molar-refractivity contribution in [3.05, 3.63) is 64.2 Å². The first-order chi connectivity index (χ1) is 13.5. The molecule has 0 aliphatic carbocycles. The summed E-state index contributed by atoms with van der Waals surface area (Å²) in [7, 11) is 1.60. The van der Waals surface area contributed by atoms with Crippen LogP contribution in [0.5, 0.6) is 11.5 Å². The van der Waals surface area contributed by atoms with Crippen LogP contribution in [0.2, 0.25) is 0 Å². The van der Waals surface area contributed by atoms with Crippen molar-refractivity contribution in [1.29, 1.82) is 0 Å². The van der Waals surface area contributed by atoms with Crippen molar-refractivity contribution in [2.75, 3.05) is 39.9 Å². The molecule has 0 radical (unpaired) electrons. The lowest BCUT2D eigenvalue weighted by Gasteiger charge is -2.34. The molecule has 0 saturated carbocycles. The summed E-state index contributed by atoms with van der Waals surface area (Å²) in [6.45, 7) is 3.29. The van der Waals surface area contributed by atoms with Crippen LogP contribution in [0.1, 0.15) is 5.56 Å². The van der Waals surface area contributed by atoms with E-state index in [1.54, 1.807) is 48.4 Å². The van der Waals surface area contributed by atoms with Gasteiger partial charge in [-0.1, -0.05) is 12.1 Å². The van der Waals surface area contributed by atoms with E-state index < -0.39 is 0 Å². The van der Waals surface area contributed by atoms with E-state index in [1.807, 2.05) is 6.07 Å². The largest absolute Gasteiger partial charge is 0.497 e. The molecule has 1 amide bonds. The average molecular weight is 385 g/mol. The highest BCUT2D eigenvalue weighted by molar-refractivity contribution is 5.77. The number of nitro groups is 1. The van der Waals surface area contributed by atoms with Gasteiger partial charge >= 0.3 is 0 Å². The maximum absolute atomic E-state index is 12.4. The Morgan fingerprint density at radius 3 is 2.39 bits per heavy atom. The standard InChI is InChI=1S/C20H23N3O5/c1-27-18-5-7-19(8-6-18)28-15-20(24)22-11-9-21(10-12-22)14-16-3-2-4-17(13-16)23(25)26/h2-8,13H,9-12,14-15H2,1H3. The summed E-state index contributed by atoms with van der Waals surface area (Å²) in [6, 6.07) is 13.8. The van der Waals surface area contributed by atoms with Gasteiger partial charge in [0.25, 0.3) is 11.6 Å². The molecular formula is C20H23N3O5. The Morgan fingerprint density at radius 2 is 1.75 bits per heavy atom. The van der Waals surface area contributed by atoms with E-state index in [4.69, 9.17) is 9.47 Å². The first-order valence-corrected chi connectivity index (χ1v) is 9.05. The van der Waals surface area contributed by atoms with Crippen molar-refractivity contribution < 1.29 is 19.2 Å². The Morgan fingerprint density at radius 1 is 1.07 bits per heavy atom. The fraction of sp³-hybridized carbons (Fsp3) is 0.350. The molecule has 2 aromatic rings. The second kappa shape index (κ2) is 9.18. The normalized spacial score (nSPS) is 14.5. The zero-order chi connectivity index (χ0) is 19.9. The number of non-ortho nitro benzene ring substituents is 1. The van der Waals surface area contributed by atoms with Crippen LogP contribution in [0, 0.1) is 10.1 Å². The van der Waals surface area contributed by atoms with E-state index >= 15 is 0 Å². The molecule has 3 rings (SSSR count). The molecule has 28 heavy (non-hydrogen) atoms. The number of nitrogens with zero attached hydrogens (tertiary/aromatic N) is 3. The van der Waals surface area contributed by atoms with Gasteiger partial charge in [0.2, 0.25) is 0 Å². The fourth-order valence-corrected chi connectivity index (χ4v) is 3.09. The predicted molar refractivity (Wildman–Crippen MR) is 103 cm³/mol. The van der Waals surface area contributed by atoms with E-state index in [9.17, 15) is 14.9 Å². The van der Waals surface area contributed by atoms with Crippen LogP contribution in [0.4, 0.5) is 5.69 Å². The smallest absolute Gasteiger partial charge is 0.269 e. The lowest BCUT2D eigenvalue weighted by atomic mass is 10.1. The van der Waals surface area contributed by atoms with Crippen LogP contribution in [0.3, 0.4) is 0 Å². The Kier molecular flexibility index (Phi) is 6.44. The van der Waals surface area contributed by atoms with Crippen LogP contribution in [0.15, 0.2) is 48.5 Å². The number of carbonyl (C=O) groups excluding carboxylic acids is 1. The highest BCUT2D eigenvalue weighted by Gasteiger charge is 2.21. The molecule has 1 fully saturated rings. The van der Waals surface area contributed by atoms with Crippen molar-refractivity contribution in [3.8, 4) is 11.5 Å². The van der Waals surface area contributed by atoms with Crippen LogP contribution < -0.4 is 9.47 Å². The molecular weight excluding hydrogens is 362 g/mol. The second-order valence-corrected chi connectivity index (χ2v) is 6.55. The molecule has 0 atom stereocenters. The van der Waals surface area contributed by atoms with Gasteiger partial charge in [-0.3, -0.25) is 19.8 Å². The number of piperazine rings is 1. The van der Waals surface area contributed by atoms with Crippen molar-refractivity contribution in [1.82, 2.24) is 9.80 Å². The minimum Gasteiger partial charge on any atom is -0.497 e. The molecule has 2 aromatic carbocycles. The van der Waals surface area contributed by atoms with Crippen LogP contribution in [-0.4, -0.2) is 60.5 Å². The number of rotatable bonds is 7. The minimum atomic E-state index is -0.386. The Hall–Kier alpha value is -3.13. The number of hydrogen-bond donors (Lipinski definition) is 0. The fourth-order valence-electron chi connectivity index (χ4n) is 3.09. The number of ether oxygens (including phenoxy) is 2. The maximum atomic E-state index is 12.4. The zero-order valence-corrected chi connectivity index (χ0v) is 15.7. The number of carbonyl (C=O) groups is 1. The number of amides is 1. The minimum absolute atomic E-state index is 0.00277. The molecule has 148 valence electrons. The summed E-state index contributed by atoms with van der Waals surface area (Å²) in [6.07, 6.45) is 0.